The van der Waals surface area contributed by atoms with Crippen molar-refractivity contribution in [3.63, 3.8) is 0 Å². The lowest BCUT2D eigenvalue weighted by molar-refractivity contribution is -0.149. The summed E-state index contributed by atoms with van der Waals surface area (Å²) in [6.07, 6.45) is 0. The Balaban J connectivity index is 2.50. The van der Waals surface area contributed by atoms with Crippen LogP contribution >= 0.6 is 0 Å². The van der Waals surface area contributed by atoms with E-state index in [4.69, 9.17) is 9.84 Å². The van der Waals surface area contributed by atoms with Crippen molar-refractivity contribution in [1.82, 2.24) is 10.6 Å². The molecule has 0 aromatic heterocycles. The molecular formula is C11H20N2O4. The van der Waals surface area contributed by atoms with Gasteiger partial charge in [0.1, 0.15) is 5.41 Å². The van der Waals surface area contributed by atoms with Crippen LogP contribution in [-0.2, 0) is 14.3 Å². The van der Waals surface area contributed by atoms with Crippen LogP contribution in [0.15, 0.2) is 0 Å². The molecule has 0 saturated carbocycles. The standard InChI is InChI=1S/C11H20N2O4/c1-7(2)12-4-9(14)13-8-5-17-6-11(8,3)10(15)16/h7-8,12H,4-6H2,1-3H3,(H,13,14)(H,15,16). The van der Waals surface area contributed by atoms with E-state index in [9.17, 15) is 9.59 Å². The molecule has 0 radical (unpaired) electrons. The quantitative estimate of drug-likeness (QED) is 0.612. The van der Waals surface area contributed by atoms with E-state index in [1.54, 1.807) is 6.92 Å². The highest BCUT2D eigenvalue weighted by atomic mass is 16.5. The predicted octanol–water partition coefficient (Wildman–Crippen LogP) is -0.410. The highest BCUT2D eigenvalue weighted by Crippen LogP contribution is 2.28. The maximum Gasteiger partial charge on any atom is 0.313 e. The zero-order chi connectivity index (χ0) is 13.1. The molecule has 0 aromatic rings. The molecule has 0 aromatic carbocycles. The Hall–Kier alpha value is -1.14. The Morgan fingerprint density at radius 2 is 2.18 bits per heavy atom. The average molecular weight is 244 g/mol. The van der Waals surface area contributed by atoms with Gasteiger partial charge < -0.3 is 20.5 Å². The third-order valence-electron chi connectivity index (χ3n) is 2.95. The third-order valence-corrected chi connectivity index (χ3v) is 2.95. The molecule has 0 spiro atoms. The number of ether oxygens (including phenoxy) is 1. The first kappa shape index (κ1) is 13.9. The van der Waals surface area contributed by atoms with Gasteiger partial charge in [0.15, 0.2) is 0 Å². The molecule has 1 aliphatic rings. The summed E-state index contributed by atoms with van der Waals surface area (Å²) in [5, 5.41) is 14.8. The van der Waals surface area contributed by atoms with Gasteiger partial charge in [-0.3, -0.25) is 9.59 Å². The van der Waals surface area contributed by atoms with Gasteiger partial charge in [-0.2, -0.15) is 0 Å². The largest absolute Gasteiger partial charge is 0.481 e. The Morgan fingerprint density at radius 1 is 1.53 bits per heavy atom. The predicted molar refractivity (Wildman–Crippen MR) is 61.6 cm³/mol. The van der Waals surface area contributed by atoms with Crippen LogP contribution in [0.3, 0.4) is 0 Å². The van der Waals surface area contributed by atoms with Crippen molar-refractivity contribution in [2.24, 2.45) is 5.41 Å². The lowest BCUT2D eigenvalue weighted by Crippen LogP contribution is -2.51. The smallest absolute Gasteiger partial charge is 0.313 e. The Bertz CT molecular complexity index is 306. The van der Waals surface area contributed by atoms with Crippen LogP contribution in [0.25, 0.3) is 0 Å². The number of amides is 1. The molecule has 1 rings (SSSR count). The first-order chi connectivity index (χ1) is 7.86. The number of carbonyl (C=O) groups is 2. The summed E-state index contributed by atoms with van der Waals surface area (Å²) in [6, 6.07) is -0.257. The molecule has 2 unspecified atom stereocenters. The lowest BCUT2D eigenvalue weighted by Gasteiger charge is -2.25. The van der Waals surface area contributed by atoms with Crippen molar-refractivity contribution in [1.29, 1.82) is 0 Å². The second kappa shape index (κ2) is 5.46. The fraction of sp³-hybridized carbons (Fsp3) is 0.818. The van der Waals surface area contributed by atoms with E-state index in [1.165, 1.54) is 0 Å². The van der Waals surface area contributed by atoms with Crippen LogP contribution in [0.2, 0.25) is 0 Å². The summed E-state index contributed by atoms with van der Waals surface area (Å²) in [7, 11) is 0. The second-order valence-electron chi connectivity index (χ2n) is 4.89. The number of carboxylic acids is 1. The highest BCUT2D eigenvalue weighted by Gasteiger charge is 2.47. The highest BCUT2D eigenvalue weighted by molar-refractivity contribution is 5.81. The molecule has 1 fully saturated rings. The van der Waals surface area contributed by atoms with Crippen molar-refractivity contribution in [3.05, 3.63) is 0 Å². The Labute approximate surface area is 101 Å². The minimum absolute atomic E-state index is 0.130. The van der Waals surface area contributed by atoms with Crippen LogP contribution in [0.1, 0.15) is 20.8 Å². The van der Waals surface area contributed by atoms with E-state index in [2.05, 4.69) is 10.6 Å². The number of carbonyl (C=O) groups excluding carboxylic acids is 1. The molecule has 1 aliphatic heterocycles. The van der Waals surface area contributed by atoms with Crippen molar-refractivity contribution >= 4 is 11.9 Å². The molecular weight excluding hydrogens is 224 g/mol. The van der Waals surface area contributed by atoms with Crippen LogP contribution in [0.5, 0.6) is 0 Å². The SMILES string of the molecule is CC(C)NCC(=O)NC1COCC1(C)C(=O)O. The Morgan fingerprint density at radius 3 is 2.71 bits per heavy atom. The van der Waals surface area contributed by atoms with Crippen LogP contribution in [-0.4, -0.2) is 48.8 Å². The van der Waals surface area contributed by atoms with Crippen LogP contribution in [0.4, 0.5) is 0 Å². The maximum atomic E-state index is 11.6. The van der Waals surface area contributed by atoms with Gasteiger partial charge in [-0.15, -0.1) is 0 Å². The van der Waals surface area contributed by atoms with Crippen molar-refractivity contribution < 1.29 is 19.4 Å². The summed E-state index contributed by atoms with van der Waals surface area (Å²) in [6.45, 7) is 6.02. The van der Waals surface area contributed by atoms with Crippen LogP contribution in [0, 0.1) is 5.41 Å². The summed E-state index contributed by atoms with van der Waals surface area (Å²) < 4.78 is 5.14. The third kappa shape index (κ3) is 3.41. The summed E-state index contributed by atoms with van der Waals surface area (Å²) >= 11 is 0. The van der Waals surface area contributed by atoms with E-state index in [-0.39, 0.29) is 31.7 Å². The minimum atomic E-state index is -1.03. The maximum absolute atomic E-state index is 11.6. The van der Waals surface area contributed by atoms with Gasteiger partial charge in [-0.25, -0.2) is 0 Å². The number of hydrogen-bond acceptors (Lipinski definition) is 4. The fourth-order valence-corrected chi connectivity index (χ4v) is 1.63. The first-order valence-electron chi connectivity index (χ1n) is 5.70. The average Bonchev–Trinajstić information content (AvgIpc) is 2.59. The monoisotopic (exact) mass is 244 g/mol. The zero-order valence-electron chi connectivity index (χ0n) is 10.4. The zero-order valence-corrected chi connectivity index (χ0v) is 10.4. The van der Waals surface area contributed by atoms with Gasteiger partial charge in [-0.05, 0) is 6.92 Å². The molecule has 1 saturated heterocycles. The molecule has 0 aliphatic carbocycles. The van der Waals surface area contributed by atoms with Gasteiger partial charge >= 0.3 is 5.97 Å². The van der Waals surface area contributed by atoms with Gasteiger partial charge in [0.25, 0.3) is 0 Å². The number of rotatable bonds is 5. The van der Waals surface area contributed by atoms with E-state index in [0.29, 0.717) is 0 Å². The normalized spacial score (nSPS) is 28.4. The molecule has 98 valence electrons. The second-order valence-corrected chi connectivity index (χ2v) is 4.89. The first-order valence-corrected chi connectivity index (χ1v) is 5.70. The van der Waals surface area contributed by atoms with E-state index < -0.39 is 17.4 Å². The number of carboxylic acid groups (broad SMARTS) is 1. The molecule has 3 N–H and O–H groups in total. The summed E-state index contributed by atoms with van der Waals surface area (Å²) in [5.41, 5.74) is -1.03. The molecule has 6 heteroatoms. The molecule has 17 heavy (non-hydrogen) atoms. The Kier molecular flexibility index (Phi) is 4.47. The van der Waals surface area contributed by atoms with Gasteiger partial charge in [-0.1, -0.05) is 13.8 Å². The van der Waals surface area contributed by atoms with Crippen molar-refractivity contribution in [2.75, 3.05) is 19.8 Å². The fourth-order valence-electron chi connectivity index (χ4n) is 1.63. The van der Waals surface area contributed by atoms with E-state index >= 15 is 0 Å². The molecule has 1 heterocycles. The van der Waals surface area contributed by atoms with Gasteiger partial charge in [0.05, 0.1) is 25.8 Å². The van der Waals surface area contributed by atoms with Gasteiger partial charge in [0, 0.05) is 6.04 Å². The molecule has 2 atom stereocenters. The number of hydrogen-bond donors (Lipinski definition) is 3. The molecule has 0 bridgehead atoms. The van der Waals surface area contributed by atoms with E-state index in [0.717, 1.165) is 0 Å². The van der Waals surface area contributed by atoms with Gasteiger partial charge in [0.2, 0.25) is 5.91 Å². The number of nitrogens with one attached hydrogen (secondary N) is 2. The lowest BCUT2D eigenvalue weighted by atomic mass is 9.85. The van der Waals surface area contributed by atoms with Crippen molar-refractivity contribution in [3.8, 4) is 0 Å². The molecule has 1 amide bonds. The summed E-state index contributed by atoms with van der Waals surface area (Å²) in [4.78, 5) is 22.7. The topological polar surface area (TPSA) is 87.7 Å². The van der Waals surface area contributed by atoms with E-state index in [1.807, 2.05) is 13.8 Å². The summed E-state index contributed by atoms with van der Waals surface area (Å²) in [5.74, 6) is -1.15. The number of aliphatic carboxylic acids is 1. The minimum Gasteiger partial charge on any atom is -0.481 e. The molecule has 6 nitrogen and oxygen atoms in total. The van der Waals surface area contributed by atoms with Crippen molar-refractivity contribution in [2.45, 2.75) is 32.9 Å². The van der Waals surface area contributed by atoms with Crippen LogP contribution < -0.4 is 10.6 Å².